The number of halogens is 1. The molecule has 104 valence electrons. The number of nitrogens with zero attached hydrogens (tertiary/aromatic N) is 2. The van der Waals surface area contributed by atoms with Crippen molar-refractivity contribution in [3.05, 3.63) is 30.2 Å². The van der Waals surface area contributed by atoms with Crippen LogP contribution in [0.1, 0.15) is 25.8 Å². The minimum Gasteiger partial charge on any atom is -0.497 e. The van der Waals surface area contributed by atoms with E-state index in [1.54, 1.807) is 7.11 Å². The Labute approximate surface area is 118 Å². The Kier molecular flexibility index (Phi) is 5.32. The van der Waals surface area contributed by atoms with Crippen LogP contribution in [0.25, 0.3) is 11.4 Å². The van der Waals surface area contributed by atoms with Crippen molar-refractivity contribution in [2.45, 2.75) is 19.9 Å². The Morgan fingerprint density at radius 3 is 2.37 bits per heavy atom. The minimum atomic E-state index is -0.232. The van der Waals surface area contributed by atoms with Crippen molar-refractivity contribution in [1.82, 2.24) is 10.1 Å². The van der Waals surface area contributed by atoms with Gasteiger partial charge < -0.3 is 15.0 Å². The number of hydrogen-bond acceptors (Lipinski definition) is 5. The van der Waals surface area contributed by atoms with E-state index < -0.39 is 0 Å². The van der Waals surface area contributed by atoms with Gasteiger partial charge in [0.25, 0.3) is 0 Å². The van der Waals surface area contributed by atoms with Crippen LogP contribution in [0.15, 0.2) is 28.8 Å². The molecule has 0 aliphatic rings. The average Bonchev–Trinajstić information content (AvgIpc) is 2.87. The van der Waals surface area contributed by atoms with Crippen molar-refractivity contribution in [3.63, 3.8) is 0 Å². The van der Waals surface area contributed by atoms with Crippen molar-refractivity contribution >= 4 is 12.4 Å². The van der Waals surface area contributed by atoms with Gasteiger partial charge in [-0.1, -0.05) is 19.0 Å². The van der Waals surface area contributed by atoms with E-state index in [-0.39, 0.29) is 24.4 Å². The van der Waals surface area contributed by atoms with E-state index in [0.29, 0.717) is 11.7 Å². The summed E-state index contributed by atoms with van der Waals surface area (Å²) in [4.78, 5) is 4.31. The first kappa shape index (κ1) is 15.5. The monoisotopic (exact) mass is 283 g/mol. The largest absolute Gasteiger partial charge is 0.497 e. The predicted octanol–water partition coefficient (Wildman–Crippen LogP) is 2.82. The molecule has 2 rings (SSSR count). The van der Waals surface area contributed by atoms with Crippen LogP contribution in [-0.4, -0.2) is 17.3 Å². The summed E-state index contributed by atoms with van der Waals surface area (Å²) in [6.45, 7) is 4.03. The molecule has 0 radical (unpaired) electrons. The zero-order valence-electron chi connectivity index (χ0n) is 11.2. The minimum absolute atomic E-state index is 0. The van der Waals surface area contributed by atoms with Crippen LogP contribution in [0.3, 0.4) is 0 Å². The molecule has 1 atom stereocenters. The molecule has 0 unspecified atom stereocenters. The second-order valence-electron chi connectivity index (χ2n) is 4.45. The highest BCUT2D eigenvalue weighted by Crippen LogP contribution is 2.23. The first-order valence-corrected chi connectivity index (χ1v) is 5.85. The van der Waals surface area contributed by atoms with Crippen molar-refractivity contribution in [3.8, 4) is 17.1 Å². The SMILES string of the molecule is COc1ccc(-c2noc([C@H](N)C(C)C)n2)cc1.Cl. The van der Waals surface area contributed by atoms with Gasteiger partial charge in [-0.3, -0.25) is 0 Å². The first-order valence-electron chi connectivity index (χ1n) is 5.85. The van der Waals surface area contributed by atoms with E-state index in [0.717, 1.165) is 11.3 Å². The summed E-state index contributed by atoms with van der Waals surface area (Å²) in [6.07, 6.45) is 0. The molecular weight excluding hydrogens is 266 g/mol. The lowest BCUT2D eigenvalue weighted by Gasteiger charge is -2.09. The summed E-state index contributed by atoms with van der Waals surface area (Å²) in [5.74, 6) is 2.06. The van der Waals surface area contributed by atoms with Crippen LogP contribution in [0.5, 0.6) is 5.75 Å². The molecule has 6 heteroatoms. The molecule has 1 heterocycles. The summed E-state index contributed by atoms with van der Waals surface area (Å²) in [7, 11) is 1.63. The van der Waals surface area contributed by atoms with E-state index in [1.807, 2.05) is 38.1 Å². The fraction of sp³-hybridized carbons (Fsp3) is 0.385. The van der Waals surface area contributed by atoms with Crippen molar-refractivity contribution in [2.75, 3.05) is 7.11 Å². The molecule has 0 saturated heterocycles. The Bertz CT molecular complexity index is 511. The Hall–Kier alpha value is -1.59. The Morgan fingerprint density at radius 1 is 1.21 bits per heavy atom. The van der Waals surface area contributed by atoms with Crippen molar-refractivity contribution in [2.24, 2.45) is 11.7 Å². The quantitative estimate of drug-likeness (QED) is 0.934. The third-order valence-corrected chi connectivity index (χ3v) is 2.79. The zero-order chi connectivity index (χ0) is 13.1. The first-order chi connectivity index (χ1) is 8.61. The second kappa shape index (κ2) is 6.54. The summed E-state index contributed by atoms with van der Waals surface area (Å²) in [6, 6.07) is 7.24. The maximum absolute atomic E-state index is 5.96. The smallest absolute Gasteiger partial charge is 0.244 e. The molecule has 0 saturated carbocycles. The van der Waals surface area contributed by atoms with Crippen LogP contribution in [0.4, 0.5) is 0 Å². The highest BCUT2D eigenvalue weighted by Gasteiger charge is 2.18. The molecule has 0 aliphatic carbocycles. The third kappa shape index (κ3) is 3.45. The third-order valence-electron chi connectivity index (χ3n) is 2.79. The summed E-state index contributed by atoms with van der Waals surface area (Å²) in [5, 5.41) is 3.94. The number of methoxy groups -OCH3 is 1. The summed E-state index contributed by atoms with van der Waals surface area (Å²) in [5.41, 5.74) is 6.84. The van der Waals surface area contributed by atoms with E-state index >= 15 is 0 Å². The fourth-order valence-corrected chi connectivity index (χ4v) is 1.51. The fourth-order valence-electron chi connectivity index (χ4n) is 1.51. The number of rotatable bonds is 4. The molecule has 1 aromatic carbocycles. The Morgan fingerprint density at radius 2 is 1.84 bits per heavy atom. The van der Waals surface area contributed by atoms with Crippen LogP contribution >= 0.6 is 12.4 Å². The normalized spacial score (nSPS) is 12.1. The Balaban J connectivity index is 0.00000180. The zero-order valence-corrected chi connectivity index (χ0v) is 12.0. The number of ether oxygens (including phenoxy) is 1. The molecule has 0 aliphatic heterocycles. The van der Waals surface area contributed by atoms with Gasteiger partial charge in [0, 0.05) is 5.56 Å². The standard InChI is InChI=1S/C13H17N3O2.ClH/c1-8(2)11(14)13-15-12(16-18-13)9-4-6-10(17-3)7-5-9;/h4-8,11H,14H2,1-3H3;1H/t11-;/m1./s1. The van der Waals surface area contributed by atoms with Gasteiger partial charge in [0.1, 0.15) is 5.75 Å². The number of benzene rings is 1. The van der Waals surface area contributed by atoms with Gasteiger partial charge in [0.15, 0.2) is 0 Å². The van der Waals surface area contributed by atoms with Gasteiger partial charge in [-0.2, -0.15) is 4.98 Å². The van der Waals surface area contributed by atoms with Gasteiger partial charge in [-0.05, 0) is 30.2 Å². The molecule has 0 spiro atoms. The van der Waals surface area contributed by atoms with Gasteiger partial charge in [-0.15, -0.1) is 12.4 Å². The van der Waals surface area contributed by atoms with E-state index in [1.165, 1.54) is 0 Å². The molecule has 0 bridgehead atoms. The van der Waals surface area contributed by atoms with Crippen LogP contribution in [-0.2, 0) is 0 Å². The lowest BCUT2D eigenvalue weighted by Crippen LogP contribution is -2.16. The molecular formula is C13H18ClN3O2. The molecule has 5 nitrogen and oxygen atoms in total. The predicted molar refractivity (Wildman–Crippen MR) is 75.3 cm³/mol. The topological polar surface area (TPSA) is 74.2 Å². The van der Waals surface area contributed by atoms with E-state index in [9.17, 15) is 0 Å². The lowest BCUT2D eigenvalue weighted by atomic mass is 10.1. The van der Waals surface area contributed by atoms with Gasteiger partial charge in [0.2, 0.25) is 11.7 Å². The van der Waals surface area contributed by atoms with Gasteiger partial charge in [-0.25, -0.2) is 0 Å². The highest BCUT2D eigenvalue weighted by molar-refractivity contribution is 5.85. The highest BCUT2D eigenvalue weighted by atomic mass is 35.5. The van der Waals surface area contributed by atoms with Crippen LogP contribution < -0.4 is 10.5 Å². The average molecular weight is 284 g/mol. The maximum atomic E-state index is 5.96. The second-order valence-corrected chi connectivity index (χ2v) is 4.45. The van der Waals surface area contributed by atoms with Gasteiger partial charge in [0.05, 0.1) is 13.2 Å². The van der Waals surface area contributed by atoms with Gasteiger partial charge >= 0.3 is 0 Å². The molecule has 0 fully saturated rings. The summed E-state index contributed by atoms with van der Waals surface area (Å²) < 4.78 is 10.3. The number of aromatic nitrogens is 2. The number of hydrogen-bond donors (Lipinski definition) is 1. The van der Waals surface area contributed by atoms with E-state index in [4.69, 9.17) is 15.0 Å². The van der Waals surface area contributed by atoms with Crippen molar-refractivity contribution < 1.29 is 9.26 Å². The van der Waals surface area contributed by atoms with E-state index in [2.05, 4.69) is 10.1 Å². The molecule has 1 aromatic heterocycles. The van der Waals surface area contributed by atoms with Crippen molar-refractivity contribution in [1.29, 1.82) is 0 Å². The molecule has 19 heavy (non-hydrogen) atoms. The maximum Gasteiger partial charge on any atom is 0.244 e. The number of nitrogens with two attached hydrogens (primary N) is 1. The lowest BCUT2D eigenvalue weighted by molar-refractivity contribution is 0.325. The van der Waals surface area contributed by atoms with Crippen LogP contribution in [0.2, 0.25) is 0 Å². The molecule has 2 aromatic rings. The molecule has 2 N–H and O–H groups in total. The summed E-state index contributed by atoms with van der Waals surface area (Å²) >= 11 is 0. The molecule has 0 amide bonds. The van der Waals surface area contributed by atoms with Crippen LogP contribution in [0, 0.1) is 5.92 Å².